The Labute approximate surface area is 207 Å². The lowest BCUT2D eigenvalue weighted by Gasteiger charge is -2.35. The van der Waals surface area contributed by atoms with E-state index < -0.39 is 5.92 Å². The third-order valence-electron chi connectivity index (χ3n) is 6.19. The van der Waals surface area contributed by atoms with E-state index >= 15 is 0 Å². The van der Waals surface area contributed by atoms with Gasteiger partial charge in [0.25, 0.3) is 5.91 Å². The van der Waals surface area contributed by atoms with Crippen LogP contribution in [0.25, 0.3) is 0 Å². The van der Waals surface area contributed by atoms with Crippen molar-refractivity contribution >= 4 is 33.3 Å². The number of ether oxygens (including phenoxy) is 3. The summed E-state index contributed by atoms with van der Waals surface area (Å²) in [5, 5.41) is 6.31. The highest BCUT2D eigenvalue weighted by atomic mass is 79.9. The highest BCUT2D eigenvalue weighted by molar-refractivity contribution is 9.10. The molecule has 178 valence electrons. The monoisotopic (exact) mass is 526 g/mol. The van der Waals surface area contributed by atoms with Crippen molar-refractivity contribution in [2.24, 2.45) is 0 Å². The highest BCUT2D eigenvalue weighted by Gasteiger charge is 2.39. The molecule has 4 rings (SSSR count). The van der Waals surface area contributed by atoms with Crippen LogP contribution in [-0.4, -0.2) is 33.0 Å². The number of rotatable bonds is 6. The van der Waals surface area contributed by atoms with Crippen molar-refractivity contribution in [2.75, 3.05) is 26.6 Å². The van der Waals surface area contributed by atoms with E-state index in [9.17, 15) is 9.59 Å². The number of dihydropyridines is 1. The summed E-state index contributed by atoms with van der Waals surface area (Å²) in [6.45, 7) is 1.86. The van der Waals surface area contributed by atoms with Crippen LogP contribution in [0.3, 0.4) is 0 Å². The normalized spacial score (nSPS) is 17.7. The van der Waals surface area contributed by atoms with Crippen molar-refractivity contribution in [1.82, 2.24) is 5.32 Å². The van der Waals surface area contributed by atoms with Gasteiger partial charge in [-0.25, -0.2) is 0 Å². The Kier molecular flexibility index (Phi) is 6.97. The first-order valence-electron chi connectivity index (χ1n) is 11.0. The lowest BCUT2D eigenvalue weighted by Crippen LogP contribution is -2.35. The van der Waals surface area contributed by atoms with Crippen molar-refractivity contribution in [1.29, 1.82) is 0 Å². The SMILES string of the molecule is COc1ccccc1NC(=O)C1=C(C)NC2=C(C(=O)CCC2)[C@H]1c1cc(OC)c(OC)cc1Br. The molecule has 2 aromatic rings. The van der Waals surface area contributed by atoms with Gasteiger partial charge < -0.3 is 24.8 Å². The number of Topliss-reactive ketones (excluding diaryl/α,β-unsaturated/α-hetero) is 1. The van der Waals surface area contributed by atoms with Gasteiger partial charge >= 0.3 is 0 Å². The number of para-hydroxylation sites is 2. The average molecular weight is 527 g/mol. The third-order valence-corrected chi connectivity index (χ3v) is 6.88. The maximum atomic E-state index is 13.7. The number of halogens is 1. The van der Waals surface area contributed by atoms with Gasteiger partial charge in [0.1, 0.15) is 5.75 Å². The standard InChI is InChI=1S/C26H27BrN2O5/c1-14-23(26(31)29-17-8-5-6-11-20(17)32-2)24(25-18(28-14)9-7-10-19(25)30)15-12-21(33-3)22(34-4)13-16(15)27/h5-6,8,11-13,24,28H,7,9-10H2,1-4H3,(H,29,31)/t24-/m0/s1. The summed E-state index contributed by atoms with van der Waals surface area (Å²) in [6, 6.07) is 10.9. The van der Waals surface area contributed by atoms with Crippen LogP contribution in [0, 0.1) is 0 Å². The van der Waals surface area contributed by atoms with E-state index in [4.69, 9.17) is 14.2 Å². The average Bonchev–Trinajstić information content (AvgIpc) is 2.83. The van der Waals surface area contributed by atoms with Crippen LogP contribution in [0.15, 0.2) is 63.4 Å². The molecule has 8 heteroatoms. The molecule has 0 unspecified atom stereocenters. The number of benzene rings is 2. The summed E-state index contributed by atoms with van der Waals surface area (Å²) in [4.78, 5) is 26.9. The van der Waals surface area contributed by atoms with Crippen LogP contribution >= 0.6 is 15.9 Å². The van der Waals surface area contributed by atoms with E-state index in [1.807, 2.05) is 25.1 Å². The predicted octanol–water partition coefficient (Wildman–Crippen LogP) is 5.08. The van der Waals surface area contributed by atoms with Crippen LogP contribution in [0.1, 0.15) is 37.7 Å². The van der Waals surface area contributed by atoms with Crippen LogP contribution in [-0.2, 0) is 9.59 Å². The molecular formula is C26H27BrN2O5. The van der Waals surface area contributed by atoms with Gasteiger partial charge in [0, 0.05) is 39.4 Å². The van der Waals surface area contributed by atoms with E-state index in [0.29, 0.717) is 46.2 Å². The first-order chi connectivity index (χ1) is 16.4. The summed E-state index contributed by atoms with van der Waals surface area (Å²) in [5.74, 6) is 0.772. The molecular weight excluding hydrogens is 500 g/mol. The molecule has 0 spiro atoms. The molecule has 1 aliphatic carbocycles. The molecule has 1 aliphatic heterocycles. The zero-order valence-corrected chi connectivity index (χ0v) is 21.2. The number of ketones is 1. The van der Waals surface area contributed by atoms with Gasteiger partial charge in [-0.3, -0.25) is 9.59 Å². The van der Waals surface area contributed by atoms with Crippen molar-refractivity contribution < 1.29 is 23.8 Å². The lowest BCUT2D eigenvalue weighted by atomic mass is 9.75. The van der Waals surface area contributed by atoms with Gasteiger partial charge in [-0.15, -0.1) is 0 Å². The summed E-state index contributed by atoms with van der Waals surface area (Å²) in [6.07, 6.45) is 1.98. The molecule has 0 fully saturated rings. The van der Waals surface area contributed by atoms with Crippen LogP contribution in [0.2, 0.25) is 0 Å². The molecule has 1 atom stereocenters. The first-order valence-corrected chi connectivity index (χ1v) is 11.8. The zero-order valence-electron chi connectivity index (χ0n) is 19.6. The Bertz CT molecular complexity index is 1220. The molecule has 34 heavy (non-hydrogen) atoms. The van der Waals surface area contributed by atoms with Crippen LogP contribution in [0.5, 0.6) is 17.2 Å². The number of anilines is 1. The van der Waals surface area contributed by atoms with Crippen LogP contribution in [0.4, 0.5) is 5.69 Å². The third kappa shape index (κ3) is 4.30. The van der Waals surface area contributed by atoms with E-state index in [1.165, 1.54) is 0 Å². The number of nitrogens with one attached hydrogen (secondary N) is 2. The molecule has 0 saturated heterocycles. The van der Waals surface area contributed by atoms with Gasteiger partial charge in [-0.1, -0.05) is 28.1 Å². The topological polar surface area (TPSA) is 85.9 Å². The maximum Gasteiger partial charge on any atom is 0.254 e. The lowest BCUT2D eigenvalue weighted by molar-refractivity contribution is -0.116. The molecule has 2 aliphatic rings. The molecule has 7 nitrogen and oxygen atoms in total. The molecule has 1 heterocycles. The van der Waals surface area contributed by atoms with Gasteiger partial charge in [0.05, 0.1) is 27.0 Å². The fourth-order valence-corrected chi connectivity index (χ4v) is 5.18. The van der Waals surface area contributed by atoms with E-state index in [0.717, 1.165) is 28.6 Å². The van der Waals surface area contributed by atoms with Crippen LogP contribution < -0.4 is 24.8 Å². The summed E-state index contributed by atoms with van der Waals surface area (Å²) in [5.41, 5.74) is 3.96. The molecule has 0 bridgehead atoms. The van der Waals surface area contributed by atoms with Gasteiger partial charge in [0.15, 0.2) is 17.3 Å². The molecule has 0 saturated carbocycles. The molecule has 2 N–H and O–H groups in total. The summed E-state index contributed by atoms with van der Waals surface area (Å²) >= 11 is 3.65. The predicted molar refractivity (Wildman–Crippen MR) is 133 cm³/mol. The Morgan fingerprint density at radius 2 is 1.71 bits per heavy atom. The highest BCUT2D eigenvalue weighted by Crippen LogP contribution is 2.47. The molecule has 2 aromatic carbocycles. The summed E-state index contributed by atoms with van der Waals surface area (Å²) in [7, 11) is 4.68. The number of methoxy groups -OCH3 is 3. The second-order valence-electron chi connectivity index (χ2n) is 8.15. The number of hydrogen-bond acceptors (Lipinski definition) is 6. The Hall–Kier alpha value is -3.26. The minimum absolute atomic E-state index is 0.0375. The number of allylic oxidation sites excluding steroid dienone is 3. The van der Waals surface area contributed by atoms with Crippen molar-refractivity contribution in [3.05, 3.63) is 69.0 Å². The van der Waals surface area contributed by atoms with E-state index in [2.05, 4.69) is 26.6 Å². The number of carbonyl (C=O) groups excluding carboxylic acids is 2. The number of amides is 1. The molecule has 1 amide bonds. The zero-order chi connectivity index (χ0) is 24.4. The quantitative estimate of drug-likeness (QED) is 0.545. The Morgan fingerprint density at radius 1 is 1.03 bits per heavy atom. The van der Waals surface area contributed by atoms with E-state index in [-0.39, 0.29) is 11.7 Å². The smallest absolute Gasteiger partial charge is 0.254 e. The molecule has 0 radical (unpaired) electrons. The molecule has 0 aromatic heterocycles. The van der Waals surface area contributed by atoms with E-state index in [1.54, 1.807) is 39.5 Å². The fraction of sp³-hybridized carbons (Fsp3) is 0.308. The largest absolute Gasteiger partial charge is 0.495 e. The second kappa shape index (κ2) is 9.93. The first kappa shape index (κ1) is 23.9. The van der Waals surface area contributed by atoms with Gasteiger partial charge in [-0.05, 0) is 49.6 Å². The number of carbonyl (C=O) groups is 2. The summed E-state index contributed by atoms with van der Waals surface area (Å²) < 4.78 is 17.1. The minimum atomic E-state index is -0.576. The second-order valence-corrected chi connectivity index (χ2v) is 9.00. The van der Waals surface area contributed by atoms with Gasteiger partial charge in [0.2, 0.25) is 0 Å². The Morgan fingerprint density at radius 3 is 2.41 bits per heavy atom. The van der Waals surface area contributed by atoms with Crippen molar-refractivity contribution in [3.63, 3.8) is 0 Å². The number of hydrogen-bond donors (Lipinski definition) is 2. The van der Waals surface area contributed by atoms with Crippen molar-refractivity contribution in [3.8, 4) is 17.2 Å². The van der Waals surface area contributed by atoms with Crippen molar-refractivity contribution in [2.45, 2.75) is 32.1 Å². The fourth-order valence-electron chi connectivity index (χ4n) is 4.62. The minimum Gasteiger partial charge on any atom is -0.495 e. The Balaban J connectivity index is 1.87. The van der Waals surface area contributed by atoms with Gasteiger partial charge in [-0.2, -0.15) is 0 Å². The maximum absolute atomic E-state index is 13.7.